The Labute approximate surface area is 531 Å². The van der Waals surface area contributed by atoms with Crippen LogP contribution in [0.2, 0.25) is 0 Å². The molecule has 7 unspecified atom stereocenters. The molecular formula is C77H139NO8. The first-order valence-electron chi connectivity index (χ1n) is 36.8. The van der Waals surface area contributed by atoms with Gasteiger partial charge >= 0.3 is 0 Å². The molecule has 1 heterocycles. The van der Waals surface area contributed by atoms with Crippen molar-refractivity contribution in [3.05, 3.63) is 85.1 Å². The van der Waals surface area contributed by atoms with E-state index in [2.05, 4.69) is 92.1 Å². The zero-order valence-electron chi connectivity index (χ0n) is 56.1. The van der Waals surface area contributed by atoms with Crippen molar-refractivity contribution in [3.63, 3.8) is 0 Å². The minimum absolute atomic E-state index is 0.186. The molecule has 86 heavy (non-hydrogen) atoms. The summed E-state index contributed by atoms with van der Waals surface area (Å²) in [4.78, 5) is 13.1. The third kappa shape index (κ3) is 53.2. The van der Waals surface area contributed by atoms with Gasteiger partial charge in [-0.1, -0.05) is 336 Å². The number of allylic oxidation sites excluding steroid dienone is 13. The van der Waals surface area contributed by atoms with E-state index in [0.29, 0.717) is 6.42 Å². The number of carbonyl (C=O) groups excluding carboxylic acids is 1. The number of nitrogens with one attached hydrogen (secondary N) is 1. The molecule has 1 rings (SSSR count). The fourth-order valence-corrected chi connectivity index (χ4v) is 11.5. The van der Waals surface area contributed by atoms with E-state index in [-0.39, 0.29) is 12.5 Å². The Kier molecular flexibility index (Phi) is 61.8. The van der Waals surface area contributed by atoms with Gasteiger partial charge in [-0.25, -0.2) is 0 Å². The quantitative estimate of drug-likeness (QED) is 0.0261. The Bertz CT molecular complexity index is 1640. The maximum Gasteiger partial charge on any atom is 0.220 e. The molecule has 1 aliphatic heterocycles. The summed E-state index contributed by atoms with van der Waals surface area (Å²) >= 11 is 0. The topological polar surface area (TPSA) is 149 Å². The highest BCUT2D eigenvalue weighted by molar-refractivity contribution is 5.76. The predicted octanol–water partition coefficient (Wildman–Crippen LogP) is 20.5. The molecule has 0 saturated carbocycles. The van der Waals surface area contributed by atoms with Gasteiger partial charge in [0.1, 0.15) is 24.4 Å². The van der Waals surface area contributed by atoms with Crippen LogP contribution in [0.5, 0.6) is 0 Å². The minimum atomic E-state index is -1.58. The molecule has 1 fully saturated rings. The summed E-state index contributed by atoms with van der Waals surface area (Å²) in [6.45, 7) is 3.69. The highest BCUT2D eigenvalue weighted by Gasteiger charge is 2.44. The van der Waals surface area contributed by atoms with Crippen molar-refractivity contribution in [2.45, 2.75) is 384 Å². The van der Waals surface area contributed by atoms with Crippen LogP contribution in [0.3, 0.4) is 0 Å². The summed E-state index contributed by atoms with van der Waals surface area (Å²) in [5.74, 6) is -0.186. The van der Waals surface area contributed by atoms with E-state index in [0.717, 1.165) is 70.6 Å². The Balaban J connectivity index is 2.12. The first kappa shape index (κ1) is 81.4. The number of aliphatic hydroxyl groups excluding tert-OH is 5. The Morgan fingerprint density at radius 1 is 0.407 bits per heavy atom. The number of ether oxygens (including phenoxy) is 2. The molecular weight excluding hydrogens is 1070 g/mol. The Morgan fingerprint density at radius 2 is 0.733 bits per heavy atom. The van der Waals surface area contributed by atoms with Crippen LogP contribution in [0.15, 0.2) is 85.1 Å². The van der Waals surface area contributed by atoms with E-state index in [9.17, 15) is 30.3 Å². The van der Waals surface area contributed by atoms with Crippen molar-refractivity contribution in [2.24, 2.45) is 0 Å². The van der Waals surface area contributed by atoms with Crippen LogP contribution < -0.4 is 5.32 Å². The van der Waals surface area contributed by atoms with E-state index < -0.39 is 49.5 Å². The average molecular weight is 1210 g/mol. The molecule has 0 aliphatic carbocycles. The molecule has 6 N–H and O–H groups in total. The lowest BCUT2D eigenvalue weighted by atomic mass is 9.99. The molecule has 9 heteroatoms. The fraction of sp³-hybridized carbons (Fsp3) is 0.805. The van der Waals surface area contributed by atoms with Gasteiger partial charge in [0, 0.05) is 6.42 Å². The maximum absolute atomic E-state index is 13.1. The number of aliphatic hydroxyl groups is 5. The zero-order valence-corrected chi connectivity index (χ0v) is 56.1. The van der Waals surface area contributed by atoms with Gasteiger partial charge in [0.05, 0.1) is 25.4 Å². The van der Waals surface area contributed by atoms with Crippen molar-refractivity contribution in [1.82, 2.24) is 5.32 Å². The van der Waals surface area contributed by atoms with Gasteiger partial charge < -0.3 is 40.3 Å². The van der Waals surface area contributed by atoms with Gasteiger partial charge in [0.2, 0.25) is 5.91 Å². The van der Waals surface area contributed by atoms with Crippen LogP contribution in [-0.4, -0.2) is 87.5 Å². The van der Waals surface area contributed by atoms with Crippen molar-refractivity contribution in [1.29, 1.82) is 0 Å². The minimum Gasteiger partial charge on any atom is -0.394 e. The number of carbonyl (C=O) groups is 1. The second-order valence-electron chi connectivity index (χ2n) is 25.3. The first-order chi connectivity index (χ1) is 42.3. The second kappa shape index (κ2) is 65.3. The van der Waals surface area contributed by atoms with Crippen LogP contribution in [0.25, 0.3) is 0 Å². The van der Waals surface area contributed by atoms with Crippen LogP contribution >= 0.6 is 0 Å². The van der Waals surface area contributed by atoms with E-state index in [1.165, 1.54) is 250 Å². The molecule has 1 amide bonds. The van der Waals surface area contributed by atoms with Crippen molar-refractivity contribution in [2.75, 3.05) is 13.2 Å². The number of hydrogen-bond donors (Lipinski definition) is 6. The predicted molar refractivity (Wildman–Crippen MR) is 368 cm³/mol. The smallest absolute Gasteiger partial charge is 0.220 e. The fourth-order valence-electron chi connectivity index (χ4n) is 11.5. The van der Waals surface area contributed by atoms with E-state index in [4.69, 9.17) is 9.47 Å². The summed E-state index contributed by atoms with van der Waals surface area (Å²) in [6.07, 6.45) is 87.1. The molecule has 500 valence electrons. The zero-order chi connectivity index (χ0) is 62.1. The standard InChI is InChI=1S/C77H139NO8/c1-3-5-7-9-11-13-15-17-19-21-23-25-27-29-31-33-34-35-36-37-38-39-41-43-45-47-49-51-53-55-57-59-61-63-65-67-73(81)78-70(69-85-77-76(84)75(83)74(82)72(68-79)86-77)71(80)66-64-62-60-58-56-54-52-50-48-46-44-42-40-32-30-28-26-24-22-20-18-16-14-12-10-8-6-4-2/h5,7,11,13,17,19,23,25,48,50,56,58,64,66,70-72,74-77,79-80,82-84H,3-4,6,8-10,12,14-16,18,20-22,24,26-47,49,51-55,57,59-63,65,67-69H2,1-2H3,(H,78,81)/b7-5-,13-11-,19-17-,25-23-,50-48+,58-56+,66-64+. The van der Waals surface area contributed by atoms with Gasteiger partial charge in [-0.3, -0.25) is 4.79 Å². The molecule has 9 nitrogen and oxygen atoms in total. The third-order valence-electron chi connectivity index (χ3n) is 17.2. The van der Waals surface area contributed by atoms with Gasteiger partial charge in [-0.2, -0.15) is 0 Å². The Hall–Kier alpha value is -2.63. The van der Waals surface area contributed by atoms with Crippen LogP contribution in [0, 0.1) is 0 Å². The van der Waals surface area contributed by atoms with Crippen molar-refractivity contribution < 1.29 is 39.8 Å². The van der Waals surface area contributed by atoms with E-state index in [1.54, 1.807) is 6.08 Å². The molecule has 0 aromatic carbocycles. The first-order valence-corrected chi connectivity index (χ1v) is 36.8. The SMILES string of the molecule is CC/C=C\C/C=C\C/C=C\C/C=C\CCCCCCCCCCCCCCCCCCCCCCCCC(=O)NC(COC1OC(CO)C(O)C(O)C1O)C(O)/C=C/CC/C=C/CC/C=C/CCCCCCCCCCCCCCCCCCCC. The van der Waals surface area contributed by atoms with Crippen molar-refractivity contribution in [3.8, 4) is 0 Å². The lowest BCUT2D eigenvalue weighted by Crippen LogP contribution is -2.60. The molecule has 0 aromatic rings. The monoisotopic (exact) mass is 1210 g/mol. The number of hydrogen-bond acceptors (Lipinski definition) is 8. The lowest BCUT2D eigenvalue weighted by Gasteiger charge is -2.40. The number of amides is 1. The van der Waals surface area contributed by atoms with Crippen LogP contribution in [0.4, 0.5) is 0 Å². The van der Waals surface area contributed by atoms with Crippen LogP contribution in [-0.2, 0) is 14.3 Å². The van der Waals surface area contributed by atoms with Crippen LogP contribution in [0.1, 0.15) is 341 Å². The summed E-state index contributed by atoms with van der Waals surface area (Å²) < 4.78 is 11.3. The lowest BCUT2D eigenvalue weighted by molar-refractivity contribution is -0.302. The molecule has 0 radical (unpaired) electrons. The normalized spacial score (nSPS) is 18.5. The number of rotatable bonds is 64. The van der Waals surface area contributed by atoms with Gasteiger partial charge in [0.15, 0.2) is 6.29 Å². The van der Waals surface area contributed by atoms with E-state index >= 15 is 0 Å². The molecule has 0 bridgehead atoms. The van der Waals surface area contributed by atoms with E-state index in [1.807, 2.05) is 6.08 Å². The maximum atomic E-state index is 13.1. The Morgan fingerprint density at radius 3 is 1.12 bits per heavy atom. The third-order valence-corrected chi connectivity index (χ3v) is 17.2. The molecule has 1 aliphatic rings. The van der Waals surface area contributed by atoms with Crippen molar-refractivity contribution >= 4 is 5.91 Å². The molecule has 0 spiro atoms. The second-order valence-corrected chi connectivity index (χ2v) is 25.3. The highest BCUT2D eigenvalue weighted by Crippen LogP contribution is 2.23. The molecule has 7 atom stereocenters. The summed E-state index contributed by atoms with van der Waals surface area (Å²) in [5, 5.41) is 54.8. The summed E-state index contributed by atoms with van der Waals surface area (Å²) in [6, 6.07) is -0.832. The number of unbranched alkanes of at least 4 members (excludes halogenated alkanes) is 42. The van der Waals surface area contributed by atoms with Gasteiger partial charge in [-0.15, -0.1) is 0 Å². The van der Waals surface area contributed by atoms with Gasteiger partial charge in [-0.05, 0) is 83.5 Å². The summed E-state index contributed by atoms with van der Waals surface area (Å²) in [5.41, 5.74) is 0. The molecule has 1 saturated heterocycles. The highest BCUT2D eigenvalue weighted by atomic mass is 16.7. The molecule has 0 aromatic heterocycles. The average Bonchev–Trinajstić information content (AvgIpc) is 3.65. The summed E-state index contributed by atoms with van der Waals surface area (Å²) in [7, 11) is 0. The largest absolute Gasteiger partial charge is 0.394 e. The van der Waals surface area contributed by atoms with Gasteiger partial charge in [0.25, 0.3) is 0 Å².